The number of rotatable bonds is 4. The predicted molar refractivity (Wildman–Crippen MR) is 77.3 cm³/mol. The van der Waals surface area contributed by atoms with Gasteiger partial charge in [0.15, 0.2) is 5.13 Å². The highest BCUT2D eigenvalue weighted by molar-refractivity contribution is 7.15. The van der Waals surface area contributed by atoms with Crippen LogP contribution in [-0.4, -0.2) is 28.0 Å². The highest BCUT2D eigenvalue weighted by Crippen LogP contribution is 2.30. The van der Waals surface area contributed by atoms with Crippen LogP contribution in [0.2, 0.25) is 0 Å². The monoisotopic (exact) mass is 311 g/mol. The Hall–Kier alpha value is -1.96. The number of carbonyl (C=O) groups is 3. The molecule has 7 nitrogen and oxygen atoms in total. The van der Waals surface area contributed by atoms with Crippen molar-refractivity contribution in [1.29, 1.82) is 0 Å². The number of thiazole rings is 1. The summed E-state index contributed by atoms with van der Waals surface area (Å²) in [4.78, 5) is 39.7. The van der Waals surface area contributed by atoms with Gasteiger partial charge in [-0.05, 0) is 33.1 Å². The predicted octanol–water partition coefficient (Wildman–Crippen LogP) is 1.78. The molecule has 3 amide bonds. The van der Waals surface area contributed by atoms with Gasteiger partial charge in [-0.1, -0.05) is 0 Å². The van der Waals surface area contributed by atoms with Gasteiger partial charge in [-0.15, -0.1) is 11.3 Å². The van der Waals surface area contributed by atoms with Gasteiger partial charge in [-0.25, -0.2) is 9.78 Å². The number of hydrogen-bond acceptors (Lipinski definition) is 5. The summed E-state index contributed by atoms with van der Waals surface area (Å²) in [6.07, 6.45) is 2.70. The van der Waals surface area contributed by atoms with Gasteiger partial charge in [0.05, 0.1) is 11.1 Å². The molecule has 1 aliphatic rings. The molecule has 0 radical (unpaired) electrons. The number of fused-ring (bicyclic) bond motifs is 1. The molecule has 1 aromatic rings. The quantitative estimate of drug-likeness (QED) is 0.785. The van der Waals surface area contributed by atoms with Gasteiger partial charge in [0.1, 0.15) is 0 Å². The molecule has 1 heterocycles. The lowest BCUT2D eigenvalue weighted by molar-refractivity contribution is -0.149. The van der Waals surface area contributed by atoms with E-state index in [1.165, 1.54) is 30.1 Å². The fourth-order valence-electron chi connectivity index (χ4n) is 2.02. The molecule has 114 valence electrons. The number of urea groups is 1. The van der Waals surface area contributed by atoms with E-state index in [1.54, 1.807) is 0 Å². The summed E-state index contributed by atoms with van der Waals surface area (Å²) in [6, 6.07) is -0.686. The van der Waals surface area contributed by atoms with Crippen molar-refractivity contribution in [2.75, 3.05) is 5.32 Å². The fraction of sp³-hybridized carbons (Fsp3) is 0.538. The van der Waals surface area contributed by atoms with Crippen LogP contribution in [-0.2, 0) is 22.4 Å². The minimum atomic E-state index is -1.22. The lowest BCUT2D eigenvalue weighted by atomic mass is 9.89. The molecule has 0 atom stereocenters. The van der Waals surface area contributed by atoms with E-state index in [2.05, 4.69) is 15.6 Å². The van der Waals surface area contributed by atoms with E-state index in [9.17, 15) is 14.4 Å². The molecule has 0 aromatic carbocycles. The van der Waals surface area contributed by atoms with E-state index in [0.717, 1.165) is 25.0 Å². The first kappa shape index (κ1) is 15.4. The molecule has 0 fully saturated rings. The molecule has 8 heteroatoms. The molecule has 0 saturated carbocycles. The van der Waals surface area contributed by atoms with Gasteiger partial charge in [-0.3, -0.25) is 20.2 Å². The Bertz CT molecular complexity index is 573. The third-order valence-electron chi connectivity index (χ3n) is 3.25. The van der Waals surface area contributed by atoms with Crippen molar-refractivity contribution < 1.29 is 19.5 Å². The molecule has 1 aromatic heterocycles. The van der Waals surface area contributed by atoms with Gasteiger partial charge in [0, 0.05) is 11.3 Å². The van der Waals surface area contributed by atoms with Crippen molar-refractivity contribution in [2.24, 2.45) is 5.41 Å². The van der Waals surface area contributed by atoms with Crippen LogP contribution in [0, 0.1) is 5.41 Å². The van der Waals surface area contributed by atoms with Crippen molar-refractivity contribution in [3.8, 4) is 0 Å². The summed E-state index contributed by atoms with van der Waals surface area (Å²) >= 11 is 1.41. The molecule has 0 aliphatic heterocycles. The average molecular weight is 311 g/mol. The number of carbonyl (C=O) groups excluding carboxylic acids is 2. The number of aromatic nitrogens is 1. The number of carboxylic acid groups (broad SMARTS) is 1. The first-order valence-corrected chi connectivity index (χ1v) is 7.42. The van der Waals surface area contributed by atoms with Gasteiger partial charge in [-0.2, -0.15) is 0 Å². The van der Waals surface area contributed by atoms with Crippen LogP contribution in [0.5, 0.6) is 0 Å². The Morgan fingerprint density at radius 2 is 2.05 bits per heavy atom. The van der Waals surface area contributed by atoms with E-state index in [1.807, 2.05) is 0 Å². The zero-order chi connectivity index (χ0) is 15.6. The number of amides is 3. The highest BCUT2D eigenvalue weighted by atomic mass is 32.1. The number of aliphatic carboxylic acids is 1. The minimum absolute atomic E-state index is 0.274. The minimum Gasteiger partial charge on any atom is -0.481 e. The standard InChI is InChI=1S/C13H17N3O4S/c1-13(2,10(18)19)6-9(17)15-11(20)16-12-14-7-4-3-5-8(7)21-12/h3-6H2,1-2H3,(H,18,19)(H2,14,15,16,17,20). The smallest absolute Gasteiger partial charge is 0.327 e. The maximum atomic E-state index is 11.7. The highest BCUT2D eigenvalue weighted by Gasteiger charge is 2.30. The average Bonchev–Trinajstić information content (AvgIpc) is 2.87. The molecule has 0 unspecified atom stereocenters. The maximum absolute atomic E-state index is 11.7. The number of carboxylic acids is 1. The second-order valence-electron chi connectivity index (χ2n) is 5.61. The fourth-order valence-corrected chi connectivity index (χ4v) is 3.06. The van der Waals surface area contributed by atoms with E-state index < -0.39 is 23.3 Å². The van der Waals surface area contributed by atoms with Crippen LogP contribution >= 0.6 is 11.3 Å². The Morgan fingerprint density at radius 3 is 2.67 bits per heavy atom. The van der Waals surface area contributed by atoms with Gasteiger partial charge in [0.25, 0.3) is 0 Å². The van der Waals surface area contributed by atoms with Crippen molar-refractivity contribution in [2.45, 2.75) is 39.5 Å². The van der Waals surface area contributed by atoms with E-state index in [-0.39, 0.29) is 6.42 Å². The summed E-state index contributed by atoms with van der Waals surface area (Å²) in [5.74, 6) is -1.72. The van der Waals surface area contributed by atoms with Gasteiger partial charge < -0.3 is 5.11 Å². The van der Waals surface area contributed by atoms with Crippen molar-refractivity contribution in [3.63, 3.8) is 0 Å². The summed E-state index contributed by atoms with van der Waals surface area (Å²) in [6.45, 7) is 2.86. The number of hydrogen-bond donors (Lipinski definition) is 3. The Kier molecular flexibility index (Phi) is 4.26. The largest absolute Gasteiger partial charge is 0.481 e. The van der Waals surface area contributed by atoms with Crippen molar-refractivity contribution in [3.05, 3.63) is 10.6 Å². The zero-order valence-electron chi connectivity index (χ0n) is 11.9. The molecule has 0 spiro atoms. The molecule has 1 aliphatic carbocycles. The molecule has 21 heavy (non-hydrogen) atoms. The number of nitrogens with one attached hydrogen (secondary N) is 2. The second-order valence-corrected chi connectivity index (χ2v) is 6.69. The topological polar surface area (TPSA) is 108 Å². The van der Waals surface area contributed by atoms with Crippen LogP contribution in [0.15, 0.2) is 0 Å². The van der Waals surface area contributed by atoms with Crippen molar-refractivity contribution >= 4 is 34.4 Å². The summed E-state index contributed by atoms with van der Waals surface area (Å²) < 4.78 is 0. The first-order valence-electron chi connectivity index (χ1n) is 6.61. The van der Waals surface area contributed by atoms with E-state index in [0.29, 0.717) is 5.13 Å². The summed E-state index contributed by atoms with van der Waals surface area (Å²) in [5, 5.41) is 14.0. The van der Waals surface area contributed by atoms with Crippen molar-refractivity contribution in [1.82, 2.24) is 10.3 Å². The number of imide groups is 1. The molecule has 2 rings (SSSR count). The van der Waals surface area contributed by atoms with Gasteiger partial charge >= 0.3 is 12.0 Å². The number of nitrogens with zero attached hydrogens (tertiary/aromatic N) is 1. The maximum Gasteiger partial charge on any atom is 0.327 e. The number of aryl methyl sites for hydroxylation is 2. The molecule has 0 saturated heterocycles. The van der Waals surface area contributed by atoms with E-state index >= 15 is 0 Å². The van der Waals surface area contributed by atoms with Crippen LogP contribution in [0.25, 0.3) is 0 Å². The molecular formula is C13H17N3O4S. The zero-order valence-corrected chi connectivity index (χ0v) is 12.7. The summed E-state index contributed by atoms with van der Waals surface area (Å²) in [5.41, 5.74) is -0.208. The van der Waals surface area contributed by atoms with Crippen LogP contribution in [0.4, 0.5) is 9.93 Å². The molecular weight excluding hydrogens is 294 g/mol. The number of anilines is 1. The molecule has 3 N–H and O–H groups in total. The lowest BCUT2D eigenvalue weighted by Gasteiger charge is -2.17. The Morgan fingerprint density at radius 1 is 1.33 bits per heavy atom. The van der Waals surface area contributed by atoms with Gasteiger partial charge in [0.2, 0.25) is 5.91 Å². The van der Waals surface area contributed by atoms with Crippen LogP contribution < -0.4 is 10.6 Å². The summed E-state index contributed by atoms with van der Waals surface area (Å²) in [7, 11) is 0. The van der Waals surface area contributed by atoms with E-state index in [4.69, 9.17) is 5.11 Å². The molecule has 0 bridgehead atoms. The first-order chi connectivity index (χ1) is 9.78. The van der Waals surface area contributed by atoms with Crippen LogP contribution in [0.3, 0.4) is 0 Å². The lowest BCUT2D eigenvalue weighted by Crippen LogP contribution is -2.38. The normalized spacial score (nSPS) is 13.6. The second kappa shape index (κ2) is 5.80. The Balaban J connectivity index is 1.86. The SMILES string of the molecule is CC(C)(CC(=O)NC(=O)Nc1nc2c(s1)CCC2)C(=O)O. The third kappa shape index (κ3) is 3.78. The third-order valence-corrected chi connectivity index (χ3v) is 4.32. The Labute approximate surface area is 125 Å². The van der Waals surface area contributed by atoms with Crippen LogP contribution in [0.1, 0.15) is 37.3 Å².